The molecular formula is C12H9NO4S2. The first-order valence-corrected chi connectivity index (χ1v) is 6.41. The Morgan fingerprint density at radius 1 is 1.47 bits per heavy atom. The van der Waals surface area contributed by atoms with Crippen LogP contribution in [0.5, 0.6) is 5.75 Å². The highest BCUT2D eigenvalue weighted by atomic mass is 32.2. The summed E-state index contributed by atoms with van der Waals surface area (Å²) in [7, 11) is 1.52. The zero-order chi connectivity index (χ0) is 14.0. The Bertz CT molecular complexity index is 597. The summed E-state index contributed by atoms with van der Waals surface area (Å²) >= 11 is 5.82. The molecule has 1 aliphatic rings. The van der Waals surface area contributed by atoms with Gasteiger partial charge >= 0.3 is 6.09 Å². The van der Waals surface area contributed by atoms with Crippen LogP contribution in [0.3, 0.4) is 0 Å². The van der Waals surface area contributed by atoms with Crippen LogP contribution in [-0.2, 0) is 4.79 Å². The SMILES string of the molecule is COc1ccccc1/C=C1\SC(=S)N(C(=O)O)C1=O. The van der Waals surface area contributed by atoms with Crippen LogP contribution >= 0.6 is 24.0 Å². The van der Waals surface area contributed by atoms with Crippen molar-refractivity contribution in [3.63, 3.8) is 0 Å². The molecule has 5 nitrogen and oxygen atoms in total. The van der Waals surface area contributed by atoms with Gasteiger partial charge in [0.15, 0.2) is 4.32 Å². The second-order valence-corrected chi connectivity index (χ2v) is 5.22. The quantitative estimate of drug-likeness (QED) is 0.668. The third-order valence-corrected chi connectivity index (χ3v) is 3.71. The van der Waals surface area contributed by atoms with Crippen LogP contribution in [0.2, 0.25) is 0 Å². The normalized spacial score (nSPS) is 17.1. The molecule has 1 heterocycles. The smallest absolute Gasteiger partial charge is 0.420 e. The topological polar surface area (TPSA) is 66.8 Å². The lowest BCUT2D eigenvalue weighted by molar-refractivity contribution is -0.120. The number of carboxylic acid groups (broad SMARTS) is 1. The third-order valence-electron chi connectivity index (χ3n) is 2.41. The molecule has 1 aromatic carbocycles. The molecule has 0 radical (unpaired) electrons. The zero-order valence-corrected chi connectivity index (χ0v) is 11.5. The van der Waals surface area contributed by atoms with Gasteiger partial charge in [0.25, 0.3) is 5.91 Å². The molecule has 2 rings (SSSR count). The number of hydrogen-bond donors (Lipinski definition) is 1. The number of para-hydroxylation sites is 1. The van der Waals surface area contributed by atoms with Crippen LogP contribution in [0.25, 0.3) is 6.08 Å². The van der Waals surface area contributed by atoms with Gasteiger partial charge in [-0.1, -0.05) is 42.2 Å². The number of carbonyl (C=O) groups is 2. The highest BCUT2D eigenvalue weighted by molar-refractivity contribution is 8.26. The summed E-state index contributed by atoms with van der Waals surface area (Å²) in [4.78, 5) is 23.6. The summed E-state index contributed by atoms with van der Waals surface area (Å²) in [5.41, 5.74) is 0.691. The number of rotatable bonds is 2. The summed E-state index contributed by atoms with van der Waals surface area (Å²) < 4.78 is 5.18. The van der Waals surface area contributed by atoms with Crippen LogP contribution in [-0.4, -0.2) is 33.4 Å². The molecule has 1 saturated heterocycles. The standard InChI is InChI=1S/C12H9NO4S2/c1-17-8-5-3-2-4-7(8)6-9-10(14)13(11(15)16)12(18)19-9/h2-6H,1H3,(H,15,16)/b9-6-. The lowest BCUT2D eigenvalue weighted by atomic mass is 10.2. The van der Waals surface area contributed by atoms with E-state index in [0.29, 0.717) is 16.2 Å². The van der Waals surface area contributed by atoms with E-state index in [-0.39, 0.29) is 9.23 Å². The van der Waals surface area contributed by atoms with E-state index >= 15 is 0 Å². The first-order chi connectivity index (χ1) is 9.04. The zero-order valence-electron chi connectivity index (χ0n) is 9.82. The summed E-state index contributed by atoms with van der Waals surface area (Å²) in [5, 5.41) is 8.89. The van der Waals surface area contributed by atoms with Gasteiger partial charge in [-0.2, -0.15) is 4.90 Å². The average Bonchev–Trinajstić information content (AvgIpc) is 2.65. The average molecular weight is 295 g/mol. The lowest BCUT2D eigenvalue weighted by Gasteiger charge is -2.06. The second-order valence-electron chi connectivity index (χ2n) is 3.54. The van der Waals surface area contributed by atoms with Crippen molar-refractivity contribution in [2.75, 3.05) is 7.11 Å². The summed E-state index contributed by atoms with van der Waals surface area (Å²) in [6.45, 7) is 0. The van der Waals surface area contributed by atoms with Crippen LogP contribution in [0.15, 0.2) is 29.2 Å². The molecule has 0 aromatic heterocycles. The Kier molecular flexibility index (Phi) is 3.87. The van der Waals surface area contributed by atoms with Gasteiger partial charge in [0.2, 0.25) is 0 Å². The Labute approximate surface area is 118 Å². The molecule has 0 bridgehead atoms. The molecule has 2 amide bonds. The van der Waals surface area contributed by atoms with Crippen LogP contribution in [0, 0.1) is 0 Å². The van der Waals surface area contributed by atoms with Crippen molar-refractivity contribution in [3.05, 3.63) is 34.7 Å². The Hall–Kier alpha value is -1.86. The van der Waals surface area contributed by atoms with E-state index in [1.807, 2.05) is 0 Å². The van der Waals surface area contributed by atoms with Crippen molar-refractivity contribution in [2.45, 2.75) is 0 Å². The van der Waals surface area contributed by atoms with Crippen molar-refractivity contribution in [3.8, 4) is 5.75 Å². The van der Waals surface area contributed by atoms with Gasteiger partial charge in [-0.15, -0.1) is 0 Å². The van der Waals surface area contributed by atoms with E-state index in [0.717, 1.165) is 11.8 Å². The molecule has 1 N–H and O–H groups in total. The first kappa shape index (κ1) is 13.6. The molecule has 1 fully saturated rings. The lowest BCUT2D eigenvalue weighted by Crippen LogP contribution is -2.33. The molecule has 0 unspecified atom stereocenters. The molecule has 0 saturated carbocycles. The highest BCUT2D eigenvalue weighted by Crippen LogP contribution is 2.34. The minimum atomic E-state index is -1.37. The van der Waals surface area contributed by atoms with Crippen LogP contribution < -0.4 is 4.74 Å². The van der Waals surface area contributed by atoms with Crippen molar-refractivity contribution < 1.29 is 19.4 Å². The molecule has 0 spiro atoms. The van der Waals surface area contributed by atoms with Crippen molar-refractivity contribution in [1.29, 1.82) is 0 Å². The predicted octanol–water partition coefficient (Wildman–Crippen LogP) is 2.57. The van der Waals surface area contributed by atoms with E-state index in [4.69, 9.17) is 22.1 Å². The number of nitrogens with zero attached hydrogens (tertiary/aromatic N) is 1. The molecule has 7 heteroatoms. The number of ether oxygens (including phenoxy) is 1. The fourth-order valence-electron chi connectivity index (χ4n) is 1.56. The molecular weight excluding hydrogens is 286 g/mol. The Morgan fingerprint density at radius 3 is 2.74 bits per heavy atom. The summed E-state index contributed by atoms with van der Waals surface area (Å²) in [6, 6.07) is 7.13. The van der Waals surface area contributed by atoms with Crippen molar-refractivity contribution >= 4 is 46.4 Å². The fraction of sp³-hybridized carbons (Fsp3) is 0.0833. The fourth-order valence-corrected chi connectivity index (χ4v) is 2.79. The van der Waals surface area contributed by atoms with Gasteiger partial charge in [0.1, 0.15) is 5.75 Å². The molecule has 98 valence electrons. The molecule has 1 aromatic rings. The van der Waals surface area contributed by atoms with Gasteiger partial charge in [0.05, 0.1) is 12.0 Å². The van der Waals surface area contributed by atoms with E-state index in [1.165, 1.54) is 7.11 Å². The van der Waals surface area contributed by atoms with Crippen molar-refractivity contribution in [2.24, 2.45) is 0 Å². The van der Waals surface area contributed by atoms with E-state index in [2.05, 4.69) is 0 Å². The number of thiocarbonyl (C=S) groups is 1. The number of imide groups is 1. The van der Waals surface area contributed by atoms with E-state index in [1.54, 1.807) is 30.3 Å². The number of benzene rings is 1. The first-order valence-electron chi connectivity index (χ1n) is 5.18. The van der Waals surface area contributed by atoms with Crippen LogP contribution in [0.1, 0.15) is 5.56 Å². The monoisotopic (exact) mass is 295 g/mol. The number of thioether (sulfide) groups is 1. The van der Waals surface area contributed by atoms with Gasteiger partial charge in [-0.05, 0) is 12.1 Å². The summed E-state index contributed by atoms with van der Waals surface area (Å²) in [5.74, 6) is -0.0310. The maximum atomic E-state index is 11.9. The number of hydrogen-bond acceptors (Lipinski definition) is 5. The molecule has 0 aliphatic carbocycles. The van der Waals surface area contributed by atoms with Gasteiger partial charge in [-0.3, -0.25) is 4.79 Å². The van der Waals surface area contributed by atoms with Gasteiger partial charge in [-0.25, -0.2) is 4.79 Å². The summed E-state index contributed by atoms with van der Waals surface area (Å²) in [6.07, 6.45) is 0.201. The Balaban J connectivity index is 2.38. The second kappa shape index (κ2) is 5.41. The van der Waals surface area contributed by atoms with E-state index < -0.39 is 12.0 Å². The minimum Gasteiger partial charge on any atom is -0.496 e. The van der Waals surface area contributed by atoms with Gasteiger partial charge in [0, 0.05) is 5.56 Å². The number of amides is 2. The minimum absolute atomic E-state index is 0.0126. The third kappa shape index (κ3) is 2.61. The number of carbonyl (C=O) groups excluding carboxylic acids is 1. The molecule has 1 aliphatic heterocycles. The van der Waals surface area contributed by atoms with Crippen molar-refractivity contribution in [1.82, 2.24) is 4.90 Å². The largest absolute Gasteiger partial charge is 0.496 e. The van der Waals surface area contributed by atoms with E-state index in [9.17, 15) is 9.59 Å². The maximum absolute atomic E-state index is 11.9. The maximum Gasteiger partial charge on any atom is 0.420 e. The molecule has 19 heavy (non-hydrogen) atoms. The predicted molar refractivity (Wildman–Crippen MR) is 76.0 cm³/mol. The Morgan fingerprint density at radius 2 is 2.16 bits per heavy atom. The number of methoxy groups -OCH3 is 1. The molecule has 0 atom stereocenters. The van der Waals surface area contributed by atoms with Gasteiger partial charge < -0.3 is 9.84 Å². The van der Waals surface area contributed by atoms with Crippen LogP contribution in [0.4, 0.5) is 4.79 Å². The highest BCUT2D eigenvalue weighted by Gasteiger charge is 2.36.